The number of hydrogen-bond acceptors (Lipinski definition) is 2. The van der Waals surface area contributed by atoms with Crippen LogP contribution in [0.15, 0.2) is 0 Å². The van der Waals surface area contributed by atoms with Gasteiger partial charge in [-0.1, -0.05) is 40.5 Å². The average Bonchev–Trinajstić information content (AvgIpc) is 2.28. The first kappa shape index (κ1) is 23.3. The van der Waals surface area contributed by atoms with Gasteiger partial charge in [0, 0.05) is 5.92 Å². The van der Waals surface area contributed by atoms with Gasteiger partial charge in [-0.3, -0.25) is 0 Å². The molecule has 116 valence electrons. The summed E-state index contributed by atoms with van der Waals surface area (Å²) in [4.78, 5) is 0. The second-order valence-electron chi connectivity index (χ2n) is 6.98. The van der Waals surface area contributed by atoms with Crippen LogP contribution in [0.5, 0.6) is 0 Å². The fraction of sp³-hybridized carbons (Fsp3) is 1.00. The van der Waals surface area contributed by atoms with E-state index in [4.69, 9.17) is 4.52 Å². The van der Waals surface area contributed by atoms with Crippen LogP contribution in [0.25, 0.3) is 0 Å². The first-order chi connectivity index (χ1) is 8.59. The molecule has 0 saturated heterocycles. The van der Waals surface area contributed by atoms with Crippen molar-refractivity contribution in [2.45, 2.75) is 91.8 Å². The smallest absolute Gasteiger partial charge is 1.00 e. The molecule has 0 bridgehead atoms. The van der Waals surface area contributed by atoms with Crippen molar-refractivity contribution in [3.63, 3.8) is 0 Å². The predicted octanol–water partition coefficient (Wildman–Crippen LogP) is 3.29. The predicted molar refractivity (Wildman–Crippen MR) is 86.1 cm³/mol. The van der Waals surface area contributed by atoms with Gasteiger partial charge in [-0.15, -0.1) is 4.52 Å². The minimum atomic E-state index is -1.66. The van der Waals surface area contributed by atoms with Gasteiger partial charge in [0.05, 0.1) is 0 Å². The molecule has 20 heavy (non-hydrogen) atoms. The van der Waals surface area contributed by atoms with Crippen molar-refractivity contribution in [3.05, 3.63) is 0 Å². The first-order valence-corrected chi connectivity index (χ1v) is 8.93. The van der Waals surface area contributed by atoms with Crippen LogP contribution in [0.3, 0.4) is 0 Å². The molecule has 0 aromatic heterocycles. The number of hydrogen-bond donors (Lipinski definition) is 0. The fourth-order valence-electron chi connectivity index (χ4n) is 2.17. The van der Waals surface area contributed by atoms with Crippen molar-refractivity contribution in [2.75, 3.05) is 0 Å². The Morgan fingerprint density at radius 1 is 1.00 bits per heavy atom. The number of rotatable bonds is 9. The van der Waals surface area contributed by atoms with Crippen molar-refractivity contribution >= 4 is 8.03 Å². The van der Waals surface area contributed by atoms with E-state index in [2.05, 4.69) is 55.4 Å². The summed E-state index contributed by atoms with van der Waals surface area (Å²) in [6.45, 7) is 17.0. The standard InChI is InChI=1S/C16H34O2P.Na.H/c1-9-11-13(3)15(5,6)18-19(17)16(7,8)14(4)12-10-2;;/h13-14H,9-12H2,1-8H3;;/q2*+1;-1. The SMILES string of the molecule is CCCC(C)C(C)(C)O[P+](=O)C(C)(C)C(C)CCC.[H-].[Na+]. The zero-order chi connectivity index (χ0) is 15.3. The maximum atomic E-state index is 12.6. The molecule has 3 unspecified atom stereocenters. The molecule has 0 aliphatic heterocycles. The zero-order valence-electron chi connectivity index (χ0n) is 16.2. The molecule has 0 heterocycles. The molecule has 3 atom stereocenters. The maximum absolute atomic E-state index is 12.6. The van der Waals surface area contributed by atoms with Gasteiger partial charge in [-0.2, -0.15) is 0 Å². The summed E-state index contributed by atoms with van der Waals surface area (Å²) >= 11 is 0. The van der Waals surface area contributed by atoms with E-state index in [1.165, 1.54) is 0 Å². The van der Waals surface area contributed by atoms with Gasteiger partial charge in [0.25, 0.3) is 0 Å². The van der Waals surface area contributed by atoms with E-state index in [-0.39, 0.29) is 41.7 Å². The van der Waals surface area contributed by atoms with E-state index in [0.717, 1.165) is 25.7 Å². The third-order valence-electron chi connectivity index (χ3n) is 4.62. The summed E-state index contributed by atoms with van der Waals surface area (Å²) in [5.74, 6) is 0.840. The molecule has 0 aliphatic rings. The minimum absolute atomic E-state index is 0. The Kier molecular flexibility index (Phi) is 11.6. The van der Waals surface area contributed by atoms with Crippen LogP contribution < -0.4 is 29.6 Å². The first-order valence-electron chi connectivity index (χ1n) is 7.76. The van der Waals surface area contributed by atoms with Crippen molar-refractivity contribution in [2.24, 2.45) is 11.8 Å². The van der Waals surface area contributed by atoms with Gasteiger partial charge < -0.3 is 1.43 Å². The summed E-state index contributed by atoms with van der Waals surface area (Å²) in [6.07, 6.45) is 4.48. The minimum Gasteiger partial charge on any atom is -1.00 e. The molecule has 0 spiro atoms. The van der Waals surface area contributed by atoms with Crippen LogP contribution in [0.4, 0.5) is 0 Å². The topological polar surface area (TPSA) is 26.3 Å². The van der Waals surface area contributed by atoms with E-state index in [1.54, 1.807) is 0 Å². The second-order valence-corrected chi connectivity index (χ2v) is 8.83. The monoisotopic (exact) mass is 313 g/mol. The van der Waals surface area contributed by atoms with Gasteiger partial charge in [0.15, 0.2) is 5.16 Å². The molecule has 4 heteroatoms. The second kappa shape index (κ2) is 9.95. The average molecular weight is 313 g/mol. The van der Waals surface area contributed by atoms with E-state index >= 15 is 0 Å². The quantitative estimate of drug-likeness (QED) is 0.482. The molecule has 0 fully saturated rings. The van der Waals surface area contributed by atoms with Crippen molar-refractivity contribution in [3.8, 4) is 0 Å². The normalized spacial score (nSPS) is 16.3. The molecular weight excluding hydrogens is 278 g/mol. The van der Waals surface area contributed by atoms with Crippen LogP contribution in [0.1, 0.15) is 82.5 Å². The summed E-state index contributed by atoms with van der Waals surface area (Å²) in [5, 5.41) is -0.255. The third-order valence-corrected chi connectivity index (χ3v) is 6.64. The van der Waals surface area contributed by atoms with Gasteiger partial charge in [0.2, 0.25) is 0 Å². The van der Waals surface area contributed by atoms with E-state index in [9.17, 15) is 4.57 Å². The zero-order valence-corrected chi connectivity index (χ0v) is 18.1. The van der Waals surface area contributed by atoms with Crippen LogP contribution >= 0.6 is 8.03 Å². The van der Waals surface area contributed by atoms with Gasteiger partial charge in [0.1, 0.15) is 5.60 Å². The molecule has 0 rings (SSSR count). The Bertz CT molecular complexity index is 296. The van der Waals surface area contributed by atoms with Crippen LogP contribution in [0, 0.1) is 11.8 Å². The Hall–Kier alpha value is 1.06. The largest absolute Gasteiger partial charge is 1.00 e. The molecule has 0 N–H and O–H groups in total. The Labute approximate surface area is 151 Å². The van der Waals surface area contributed by atoms with E-state index in [1.807, 2.05) is 0 Å². The molecule has 0 saturated carbocycles. The van der Waals surface area contributed by atoms with Gasteiger partial charge >= 0.3 is 37.6 Å². The van der Waals surface area contributed by atoms with Crippen LogP contribution in [-0.2, 0) is 9.09 Å². The van der Waals surface area contributed by atoms with Crippen LogP contribution in [-0.4, -0.2) is 10.8 Å². The third kappa shape index (κ3) is 6.88. The molecular formula is C16H35NaO2P+. The van der Waals surface area contributed by atoms with E-state index in [0.29, 0.717) is 11.8 Å². The van der Waals surface area contributed by atoms with Crippen LogP contribution in [0.2, 0.25) is 0 Å². The summed E-state index contributed by atoms with van der Waals surface area (Å²) in [5.41, 5.74) is -0.313. The molecule has 0 aromatic rings. The van der Waals surface area contributed by atoms with Crippen molar-refractivity contribution in [1.82, 2.24) is 0 Å². The Balaban J connectivity index is -0.00000162. The molecule has 0 radical (unpaired) electrons. The molecule has 0 aliphatic carbocycles. The molecule has 0 aromatic carbocycles. The van der Waals surface area contributed by atoms with Crippen molar-refractivity contribution in [1.29, 1.82) is 0 Å². The maximum Gasteiger partial charge on any atom is 1.00 e. The molecule has 0 amide bonds. The summed E-state index contributed by atoms with van der Waals surface area (Å²) in [6, 6.07) is 0. The molecule has 2 nitrogen and oxygen atoms in total. The van der Waals surface area contributed by atoms with Gasteiger partial charge in [-0.05, 0) is 51.0 Å². The van der Waals surface area contributed by atoms with E-state index < -0.39 is 8.03 Å². The summed E-state index contributed by atoms with van der Waals surface area (Å²) < 4.78 is 18.6. The van der Waals surface area contributed by atoms with Crippen molar-refractivity contribution < 1.29 is 40.1 Å². The summed E-state index contributed by atoms with van der Waals surface area (Å²) in [7, 11) is -1.66. The Morgan fingerprint density at radius 2 is 1.40 bits per heavy atom. The Morgan fingerprint density at radius 3 is 1.80 bits per heavy atom. The fourth-order valence-corrected chi connectivity index (χ4v) is 3.50. The van der Waals surface area contributed by atoms with Gasteiger partial charge in [-0.25, -0.2) is 0 Å².